The van der Waals surface area contributed by atoms with Crippen LogP contribution in [-0.4, -0.2) is 47.3 Å². The molecule has 0 amide bonds. The molecule has 3 N–H and O–H groups in total. The first-order chi connectivity index (χ1) is 26.2. The summed E-state index contributed by atoms with van der Waals surface area (Å²) in [6.45, 7) is 0. The number of aryl methyl sites for hydroxylation is 1. The van der Waals surface area contributed by atoms with Crippen molar-refractivity contribution in [2.45, 2.75) is 95.5 Å². The molecule has 8 rings (SSSR count). The predicted molar refractivity (Wildman–Crippen MR) is 208 cm³/mol. The van der Waals surface area contributed by atoms with Gasteiger partial charge in [0.1, 0.15) is 18.3 Å². The molecule has 2 fully saturated rings. The molecule has 54 heavy (non-hydrogen) atoms. The number of H-pyrrole nitrogens is 1. The number of nitrogens with one attached hydrogen (secondary N) is 1. The van der Waals surface area contributed by atoms with E-state index in [1.807, 2.05) is 30.3 Å². The van der Waals surface area contributed by atoms with Gasteiger partial charge in [0.15, 0.2) is 23.0 Å². The Morgan fingerprint density at radius 2 is 1.69 bits per heavy atom. The molecule has 1 aliphatic heterocycles. The number of ketones is 1. The monoisotopic (exact) mass is 727 g/mol. The highest BCUT2D eigenvalue weighted by Crippen LogP contribution is 2.58. The number of benzene rings is 3. The molecule has 8 nitrogen and oxygen atoms in total. The highest BCUT2D eigenvalue weighted by molar-refractivity contribution is 5.94. The molecule has 3 aliphatic carbocycles. The molecular formula is C46H49NO7. The van der Waals surface area contributed by atoms with Crippen molar-refractivity contribution in [3.63, 3.8) is 0 Å². The second-order valence-electron chi connectivity index (χ2n) is 15.9. The minimum atomic E-state index is -0.642. The number of carbonyl (C=O) groups is 2. The van der Waals surface area contributed by atoms with Gasteiger partial charge in [0.2, 0.25) is 0 Å². The molecule has 4 aliphatic rings. The quantitative estimate of drug-likeness (QED) is 0.139. The van der Waals surface area contributed by atoms with Crippen molar-refractivity contribution in [2.24, 2.45) is 17.3 Å². The number of para-hydroxylation sites is 1. The van der Waals surface area contributed by atoms with Crippen molar-refractivity contribution in [1.82, 2.24) is 4.98 Å². The average Bonchev–Trinajstić information content (AvgIpc) is 3.75. The summed E-state index contributed by atoms with van der Waals surface area (Å²) in [5.74, 6) is 7.12. The third kappa shape index (κ3) is 6.97. The van der Waals surface area contributed by atoms with Crippen LogP contribution in [-0.2, 0) is 27.2 Å². The number of allylic oxidation sites excluding steroid dienone is 1. The first-order valence-electron chi connectivity index (χ1n) is 19.5. The molecule has 2 bridgehead atoms. The van der Waals surface area contributed by atoms with Gasteiger partial charge >= 0.3 is 5.97 Å². The van der Waals surface area contributed by atoms with Crippen LogP contribution < -0.4 is 9.47 Å². The number of aromatic amines is 1. The molecule has 0 saturated heterocycles. The van der Waals surface area contributed by atoms with Crippen LogP contribution >= 0.6 is 0 Å². The number of Topliss-reactive ketones (excluding diaryl/α,β-unsaturated/α-hetero) is 1. The Morgan fingerprint density at radius 1 is 0.907 bits per heavy atom. The smallest absolute Gasteiger partial charge is 0.318 e. The van der Waals surface area contributed by atoms with Gasteiger partial charge in [-0.25, -0.2) is 0 Å². The van der Waals surface area contributed by atoms with E-state index in [1.165, 1.54) is 32.8 Å². The maximum Gasteiger partial charge on any atom is 0.318 e. The fraction of sp³-hybridized carbons (Fsp3) is 0.435. The van der Waals surface area contributed by atoms with E-state index < -0.39 is 12.1 Å². The van der Waals surface area contributed by atoms with E-state index in [-0.39, 0.29) is 54.3 Å². The number of aromatic hydroxyl groups is 2. The molecule has 4 atom stereocenters. The SMILES string of the molecule is COc1cc(CC[C@@H]2CC(=O)C[C@@H]3c4cc(OC)c(O)cc4C(=C[C@H]4CC5(CCCC5)CC[C@H]34)c3[nH]c4ccccc4c3CC#CCC(=O)O2)ccc1O. The number of rotatable bonds is 5. The van der Waals surface area contributed by atoms with Crippen LogP contribution in [0, 0.1) is 29.1 Å². The van der Waals surface area contributed by atoms with E-state index >= 15 is 0 Å². The normalized spacial score (nSPS) is 23.7. The second-order valence-corrected chi connectivity index (χ2v) is 15.9. The van der Waals surface area contributed by atoms with Gasteiger partial charge in [0, 0.05) is 35.7 Å². The van der Waals surface area contributed by atoms with E-state index in [9.17, 15) is 19.8 Å². The van der Waals surface area contributed by atoms with Crippen molar-refractivity contribution in [3.8, 4) is 34.8 Å². The molecular weight excluding hydrogens is 679 g/mol. The minimum Gasteiger partial charge on any atom is -0.504 e. The highest BCUT2D eigenvalue weighted by atomic mass is 16.5. The summed E-state index contributed by atoms with van der Waals surface area (Å²) < 4.78 is 17.1. The lowest BCUT2D eigenvalue weighted by molar-refractivity contribution is -0.149. The third-order valence-corrected chi connectivity index (χ3v) is 12.7. The van der Waals surface area contributed by atoms with Crippen LogP contribution in [0.2, 0.25) is 0 Å². The number of phenols is 2. The average molecular weight is 728 g/mol. The zero-order chi connectivity index (χ0) is 37.4. The van der Waals surface area contributed by atoms with Crippen molar-refractivity contribution in [1.29, 1.82) is 0 Å². The van der Waals surface area contributed by atoms with Crippen LogP contribution in [0.3, 0.4) is 0 Å². The van der Waals surface area contributed by atoms with Crippen LogP contribution in [0.5, 0.6) is 23.0 Å². The minimum absolute atomic E-state index is 0.0342. The second kappa shape index (κ2) is 14.9. The Labute approximate surface area is 316 Å². The number of methoxy groups -OCH3 is 2. The fourth-order valence-corrected chi connectivity index (χ4v) is 10.1. The summed E-state index contributed by atoms with van der Waals surface area (Å²) in [5.41, 5.74) is 7.19. The van der Waals surface area contributed by atoms with Gasteiger partial charge in [-0.3, -0.25) is 9.59 Å². The van der Waals surface area contributed by atoms with Crippen molar-refractivity contribution < 1.29 is 34.0 Å². The Bertz CT molecular complexity index is 2180. The fourth-order valence-electron chi connectivity index (χ4n) is 10.1. The zero-order valence-corrected chi connectivity index (χ0v) is 31.2. The number of cyclic esters (lactones) is 1. The number of aromatic nitrogens is 1. The Hall–Kier alpha value is -5.16. The van der Waals surface area contributed by atoms with Crippen molar-refractivity contribution >= 4 is 28.2 Å². The lowest BCUT2D eigenvalue weighted by Crippen LogP contribution is -2.34. The van der Waals surface area contributed by atoms with Crippen LogP contribution in [0.1, 0.15) is 104 Å². The first kappa shape index (κ1) is 35.8. The summed E-state index contributed by atoms with van der Waals surface area (Å²) in [5, 5.41) is 22.5. The molecule has 8 heteroatoms. The van der Waals surface area contributed by atoms with E-state index in [4.69, 9.17) is 14.2 Å². The lowest BCUT2D eigenvalue weighted by atomic mass is 9.60. The zero-order valence-electron chi connectivity index (χ0n) is 31.2. The molecule has 0 radical (unpaired) electrons. The van der Waals surface area contributed by atoms with Crippen molar-refractivity contribution in [3.05, 3.63) is 88.6 Å². The molecule has 1 aromatic heterocycles. The number of phenolic OH excluding ortho intramolecular Hbond substituents is 2. The van der Waals surface area contributed by atoms with E-state index in [0.29, 0.717) is 36.2 Å². The topological polar surface area (TPSA) is 118 Å². The summed E-state index contributed by atoms with van der Waals surface area (Å²) in [6, 6.07) is 17.2. The summed E-state index contributed by atoms with van der Waals surface area (Å²) >= 11 is 0. The number of carbonyl (C=O) groups excluding carboxylic acids is 2. The number of hydrogen-bond donors (Lipinski definition) is 3. The van der Waals surface area contributed by atoms with Crippen LogP contribution in [0.4, 0.5) is 0 Å². The molecule has 4 aromatic rings. The van der Waals surface area contributed by atoms with Gasteiger partial charge in [-0.1, -0.05) is 55.0 Å². The van der Waals surface area contributed by atoms with Gasteiger partial charge in [-0.15, -0.1) is 0 Å². The van der Waals surface area contributed by atoms with Gasteiger partial charge < -0.3 is 29.4 Å². The largest absolute Gasteiger partial charge is 0.504 e. The van der Waals surface area contributed by atoms with E-state index in [0.717, 1.165) is 63.7 Å². The molecule has 280 valence electrons. The number of ether oxygens (including phenoxy) is 3. The lowest BCUT2D eigenvalue weighted by Gasteiger charge is -2.44. The van der Waals surface area contributed by atoms with Gasteiger partial charge in [0.05, 0.1) is 19.9 Å². The van der Waals surface area contributed by atoms with Crippen molar-refractivity contribution in [2.75, 3.05) is 14.2 Å². The molecule has 3 aromatic carbocycles. The maximum atomic E-state index is 14.4. The highest BCUT2D eigenvalue weighted by Gasteiger charge is 2.46. The summed E-state index contributed by atoms with van der Waals surface area (Å²) in [6.07, 6.45) is 11.8. The molecule has 1 spiro atoms. The van der Waals surface area contributed by atoms with Gasteiger partial charge in [-0.2, -0.15) is 0 Å². The van der Waals surface area contributed by atoms with E-state index in [1.54, 1.807) is 19.2 Å². The molecule has 2 saturated carbocycles. The van der Waals surface area contributed by atoms with Gasteiger partial charge in [-0.05, 0) is 121 Å². The summed E-state index contributed by atoms with van der Waals surface area (Å²) in [4.78, 5) is 31.5. The number of hydrogen-bond acceptors (Lipinski definition) is 7. The number of esters is 1. The predicted octanol–water partition coefficient (Wildman–Crippen LogP) is 8.95. The summed E-state index contributed by atoms with van der Waals surface area (Å²) in [7, 11) is 3.07. The Kier molecular flexibility index (Phi) is 9.91. The molecule has 0 unspecified atom stereocenters. The first-order valence-corrected chi connectivity index (χ1v) is 19.5. The maximum absolute atomic E-state index is 14.4. The third-order valence-electron chi connectivity index (χ3n) is 12.7. The standard InChI is InChI=1S/C46H49NO7/c1-52-42-21-28(14-16-40(42)49)13-15-31-23-30(48)24-35-32-17-20-46(18-7-8-19-46)27-29(32)22-38(36-25-41(50)43(53-2)26-37(35)36)45-34(10-4-6-12-44(51)54-31)33-9-3-5-11-39(33)47-45/h3,5,9,11,14,16,21-22,25-26,29,31-32,35,47,49-50H,7-8,10,12-13,15,17-20,23-24,27H2,1-2H3/t29-,31+,32-,35-/m0/s1. The van der Waals surface area contributed by atoms with Crippen LogP contribution in [0.15, 0.2) is 60.7 Å². The van der Waals surface area contributed by atoms with Gasteiger partial charge in [0.25, 0.3) is 0 Å². The number of fused-ring (bicyclic) bond motifs is 6. The molecule has 2 heterocycles. The Morgan fingerprint density at radius 3 is 2.50 bits per heavy atom. The van der Waals surface area contributed by atoms with Crippen LogP contribution in [0.25, 0.3) is 16.5 Å². The Balaban J connectivity index is 1.25. The van der Waals surface area contributed by atoms with E-state index in [2.05, 4.69) is 35.0 Å².